The van der Waals surface area contributed by atoms with Crippen LogP contribution >= 0.6 is 11.6 Å². The van der Waals surface area contributed by atoms with E-state index in [0.29, 0.717) is 17.4 Å². The van der Waals surface area contributed by atoms with Gasteiger partial charge in [0.15, 0.2) is 5.69 Å². The number of hydrogen-bond acceptors (Lipinski definition) is 3. The minimum Gasteiger partial charge on any atom is -0.347 e. The topological polar surface area (TPSA) is 59.8 Å². The molecule has 6 heteroatoms. The Labute approximate surface area is 145 Å². The maximum atomic E-state index is 12.4. The van der Waals surface area contributed by atoms with E-state index in [-0.39, 0.29) is 16.6 Å². The molecule has 0 atom stereocenters. The molecule has 3 aromatic rings. The van der Waals surface area contributed by atoms with Gasteiger partial charge in [-0.1, -0.05) is 25.4 Å². The van der Waals surface area contributed by atoms with Gasteiger partial charge in [-0.05, 0) is 37.1 Å². The summed E-state index contributed by atoms with van der Waals surface area (Å²) in [4.78, 5) is 20.5. The zero-order chi connectivity index (χ0) is 17.3. The maximum absolute atomic E-state index is 12.4. The normalized spacial score (nSPS) is 11.2. The molecular formula is C18H19ClN4O. The summed E-state index contributed by atoms with van der Waals surface area (Å²) < 4.78 is 2.22. The van der Waals surface area contributed by atoms with Gasteiger partial charge in [0.2, 0.25) is 0 Å². The summed E-state index contributed by atoms with van der Waals surface area (Å²) >= 11 is 6.01. The number of fused-ring (bicyclic) bond motifs is 1. The van der Waals surface area contributed by atoms with Gasteiger partial charge in [0.1, 0.15) is 5.82 Å². The highest BCUT2D eigenvalue weighted by Crippen LogP contribution is 2.22. The number of benzene rings is 1. The van der Waals surface area contributed by atoms with Gasteiger partial charge in [-0.3, -0.25) is 4.79 Å². The molecule has 1 N–H and O–H groups in total. The molecule has 1 aromatic carbocycles. The van der Waals surface area contributed by atoms with Gasteiger partial charge in [0.05, 0.1) is 11.2 Å². The second-order valence-corrected chi connectivity index (χ2v) is 6.61. The molecule has 0 saturated heterocycles. The number of nitrogens with one attached hydrogen (secondary N) is 1. The third-order valence-electron chi connectivity index (χ3n) is 3.67. The molecule has 0 aliphatic carbocycles. The van der Waals surface area contributed by atoms with Gasteiger partial charge in [0, 0.05) is 29.3 Å². The fourth-order valence-electron chi connectivity index (χ4n) is 2.64. The number of hydrogen-bond donors (Lipinski definition) is 1. The standard InChI is InChI=1S/C18H19ClN4O/c1-11(2)10-23-7-6-13-8-14(4-5-16(13)23)22-18(24)17-15(19)9-20-12(3)21-17/h4-9,11H,10H2,1-3H3,(H,22,24). The lowest BCUT2D eigenvalue weighted by Gasteiger charge is -2.10. The van der Waals surface area contributed by atoms with Crippen molar-refractivity contribution in [3.05, 3.63) is 53.2 Å². The van der Waals surface area contributed by atoms with Crippen LogP contribution in [0.15, 0.2) is 36.7 Å². The van der Waals surface area contributed by atoms with Crippen LogP contribution in [-0.4, -0.2) is 20.4 Å². The molecule has 0 bridgehead atoms. The first-order valence-electron chi connectivity index (χ1n) is 7.83. The van der Waals surface area contributed by atoms with Gasteiger partial charge < -0.3 is 9.88 Å². The largest absolute Gasteiger partial charge is 0.347 e. The van der Waals surface area contributed by atoms with E-state index < -0.39 is 0 Å². The van der Waals surface area contributed by atoms with Crippen molar-refractivity contribution in [1.82, 2.24) is 14.5 Å². The number of aromatic nitrogens is 3. The number of rotatable bonds is 4. The molecule has 0 aliphatic rings. The summed E-state index contributed by atoms with van der Waals surface area (Å²) in [6, 6.07) is 7.90. The summed E-state index contributed by atoms with van der Waals surface area (Å²) in [6.45, 7) is 7.06. The van der Waals surface area contributed by atoms with Crippen LogP contribution in [0.25, 0.3) is 10.9 Å². The first kappa shape index (κ1) is 16.5. The van der Waals surface area contributed by atoms with E-state index in [2.05, 4.69) is 46.0 Å². The average Bonchev–Trinajstić information content (AvgIpc) is 2.91. The highest BCUT2D eigenvalue weighted by molar-refractivity contribution is 6.33. The van der Waals surface area contributed by atoms with Gasteiger partial charge in [-0.2, -0.15) is 0 Å². The van der Waals surface area contributed by atoms with Crippen molar-refractivity contribution in [2.45, 2.75) is 27.3 Å². The van der Waals surface area contributed by atoms with E-state index >= 15 is 0 Å². The molecule has 0 unspecified atom stereocenters. The lowest BCUT2D eigenvalue weighted by molar-refractivity contribution is 0.102. The van der Waals surface area contributed by atoms with Gasteiger partial charge in [0.25, 0.3) is 5.91 Å². The number of aryl methyl sites for hydroxylation is 1. The maximum Gasteiger partial charge on any atom is 0.275 e. The monoisotopic (exact) mass is 342 g/mol. The highest BCUT2D eigenvalue weighted by atomic mass is 35.5. The Bertz CT molecular complexity index is 901. The van der Waals surface area contributed by atoms with Crippen molar-refractivity contribution >= 4 is 34.1 Å². The number of carbonyl (C=O) groups excluding carboxylic acids is 1. The van der Waals surface area contributed by atoms with Gasteiger partial charge in [-0.15, -0.1) is 0 Å². The fraction of sp³-hybridized carbons (Fsp3) is 0.278. The molecule has 124 valence electrons. The van der Waals surface area contributed by atoms with E-state index in [1.807, 2.05) is 18.2 Å². The Morgan fingerprint density at radius 2 is 2.12 bits per heavy atom. The molecule has 0 radical (unpaired) electrons. The number of nitrogens with zero attached hydrogens (tertiary/aromatic N) is 3. The molecule has 2 aromatic heterocycles. The van der Waals surface area contributed by atoms with Crippen LogP contribution in [0.2, 0.25) is 5.02 Å². The Morgan fingerprint density at radius 1 is 1.33 bits per heavy atom. The summed E-state index contributed by atoms with van der Waals surface area (Å²) in [5.74, 6) is 0.736. The van der Waals surface area contributed by atoms with Crippen LogP contribution in [0.1, 0.15) is 30.2 Å². The minimum absolute atomic E-state index is 0.182. The number of carbonyl (C=O) groups is 1. The Balaban J connectivity index is 1.85. The lowest BCUT2D eigenvalue weighted by atomic mass is 10.2. The number of anilines is 1. The van der Waals surface area contributed by atoms with Crippen molar-refractivity contribution < 1.29 is 4.79 Å². The van der Waals surface area contributed by atoms with Crippen molar-refractivity contribution in [3.63, 3.8) is 0 Å². The van der Waals surface area contributed by atoms with E-state index in [1.165, 1.54) is 6.20 Å². The predicted octanol–water partition coefficient (Wildman–Crippen LogP) is 4.30. The predicted molar refractivity (Wildman–Crippen MR) is 96.5 cm³/mol. The second-order valence-electron chi connectivity index (χ2n) is 6.20. The van der Waals surface area contributed by atoms with E-state index in [9.17, 15) is 4.79 Å². The number of amides is 1. The van der Waals surface area contributed by atoms with Crippen LogP contribution in [-0.2, 0) is 6.54 Å². The van der Waals surface area contributed by atoms with Gasteiger partial charge >= 0.3 is 0 Å². The summed E-state index contributed by atoms with van der Waals surface area (Å²) in [6.07, 6.45) is 3.51. The first-order chi connectivity index (χ1) is 11.4. The molecule has 0 saturated carbocycles. The smallest absolute Gasteiger partial charge is 0.275 e. The fourth-order valence-corrected chi connectivity index (χ4v) is 2.81. The van der Waals surface area contributed by atoms with Crippen LogP contribution < -0.4 is 5.32 Å². The summed E-state index contributed by atoms with van der Waals surface area (Å²) in [5, 5.41) is 4.17. The highest BCUT2D eigenvalue weighted by Gasteiger charge is 2.14. The van der Waals surface area contributed by atoms with Crippen LogP contribution in [0.4, 0.5) is 5.69 Å². The first-order valence-corrected chi connectivity index (χ1v) is 8.21. The molecule has 1 amide bonds. The Morgan fingerprint density at radius 3 is 2.88 bits per heavy atom. The quantitative estimate of drug-likeness (QED) is 0.768. The summed E-state index contributed by atoms with van der Waals surface area (Å²) in [5.41, 5.74) is 2.04. The van der Waals surface area contributed by atoms with Crippen LogP contribution in [0, 0.1) is 12.8 Å². The van der Waals surface area contributed by atoms with Crippen molar-refractivity contribution in [2.75, 3.05) is 5.32 Å². The molecular weight excluding hydrogens is 324 g/mol. The molecule has 0 fully saturated rings. The van der Waals surface area contributed by atoms with Crippen LogP contribution in [0.3, 0.4) is 0 Å². The summed E-state index contributed by atoms with van der Waals surface area (Å²) in [7, 11) is 0. The second kappa shape index (κ2) is 6.61. The Hall–Kier alpha value is -2.40. The Kier molecular flexibility index (Phi) is 4.53. The van der Waals surface area contributed by atoms with E-state index in [0.717, 1.165) is 17.4 Å². The third kappa shape index (κ3) is 3.41. The third-order valence-corrected chi connectivity index (χ3v) is 3.95. The van der Waals surface area contributed by atoms with Crippen LogP contribution in [0.5, 0.6) is 0 Å². The van der Waals surface area contributed by atoms with E-state index in [1.54, 1.807) is 6.92 Å². The molecule has 3 rings (SSSR count). The molecule has 0 aliphatic heterocycles. The zero-order valence-corrected chi connectivity index (χ0v) is 14.6. The van der Waals surface area contributed by atoms with E-state index in [4.69, 9.17) is 11.6 Å². The molecule has 5 nitrogen and oxygen atoms in total. The molecule has 2 heterocycles. The van der Waals surface area contributed by atoms with Crippen molar-refractivity contribution in [3.8, 4) is 0 Å². The van der Waals surface area contributed by atoms with Crippen molar-refractivity contribution in [2.24, 2.45) is 5.92 Å². The van der Waals surface area contributed by atoms with Gasteiger partial charge in [-0.25, -0.2) is 9.97 Å². The molecule has 0 spiro atoms. The zero-order valence-electron chi connectivity index (χ0n) is 13.9. The molecule has 24 heavy (non-hydrogen) atoms. The SMILES string of the molecule is Cc1ncc(Cl)c(C(=O)Nc2ccc3c(ccn3CC(C)C)c2)n1. The number of halogens is 1. The van der Waals surface area contributed by atoms with Crippen molar-refractivity contribution in [1.29, 1.82) is 0 Å². The lowest BCUT2D eigenvalue weighted by Crippen LogP contribution is -2.15. The average molecular weight is 343 g/mol. The minimum atomic E-state index is -0.341.